The number of hydrogen-bond donors (Lipinski definition) is 1. The van der Waals surface area contributed by atoms with Crippen LogP contribution >= 0.6 is 15.9 Å². The molecule has 2 aromatic rings. The van der Waals surface area contributed by atoms with Gasteiger partial charge in [-0.2, -0.15) is 0 Å². The van der Waals surface area contributed by atoms with E-state index in [0.29, 0.717) is 10.2 Å². The van der Waals surface area contributed by atoms with Gasteiger partial charge in [0.25, 0.3) is 0 Å². The molecule has 0 spiro atoms. The molecular weight excluding hydrogens is 315 g/mol. The zero-order chi connectivity index (χ0) is 13.8. The SMILES string of the molecule is O=C(O)c1cccc(COc2ccc(F)cc2Br)c1. The van der Waals surface area contributed by atoms with Crippen LogP contribution in [0.2, 0.25) is 0 Å². The molecular formula is C14H10BrFO3. The van der Waals surface area contributed by atoms with Crippen LogP contribution in [0.3, 0.4) is 0 Å². The fourth-order valence-electron chi connectivity index (χ4n) is 1.55. The third-order valence-corrected chi connectivity index (χ3v) is 3.08. The summed E-state index contributed by atoms with van der Waals surface area (Å²) in [6.07, 6.45) is 0. The lowest BCUT2D eigenvalue weighted by molar-refractivity contribution is 0.0696. The second-order valence-corrected chi connectivity index (χ2v) is 4.72. The Morgan fingerprint density at radius 3 is 2.74 bits per heavy atom. The van der Waals surface area contributed by atoms with Crippen LogP contribution in [0.1, 0.15) is 15.9 Å². The lowest BCUT2D eigenvalue weighted by atomic mass is 10.1. The Labute approximate surface area is 117 Å². The molecule has 0 saturated carbocycles. The van der Waals surface area contributed by atoms with E-state index in [1.54, 1.807) is 18.2 Å². The van der Waals surface area contributed by atoms with Crippen LogP contribution in [0.15, 0.2) is 46.9 Å². The van der Waals surface area contributed by atoms with Crippen molar-refractivity contribution in [3.05, 3.63) is 63.9 Å². The topological polar surface area (TPSA) is 46.5 Å². The van der Waals surface area contributed by atoms with Gasteiger partial charge in [-0.3, -0.25) is 0 Å². The molecule has 0 unspecified atom stereocenters. The molecule has 0 aliphatic carbocycles. The minimum atomic E-state index is -0.982. The van der Waals surface area contributed by atoms with E-state index in [4.69, 9.17) is 9.84 Å². The maximum atomic E-state index is 12.9. The van der Waals surface area contributed by atoms with Gasteiger partial charge in [-0.15, -0.1) is 0 Å². The molecule has 0 bridgehead atoms. The van der Waals surface area contributed by atoms with Crippen molar-refractivity contribution < 1.29 is 19.0 Å². The molecule has 98 valence electrons. The van der Waals surface area contributed by atoms with Crippen molar-refractivity contribution in [1.29, 1.82) is 0 Å². The highest BCUT2D eigenvalue weighted by atomic mass is 79.9. The second kappa shape index (κ2) is 5.84. The molecule has 0 atom stereocenters. The quantitative estimate of drug-likeness (QED) is 0.928. The summed E-state index contributed by atoms with van der Waals surface area (Å²) in [4.78, 5) is 10.8. The molecule has 19 heavy (non-hydrogen) atoms. The van der Waals surface area contributed by atoms with Crippen LogP contribution in [0.25, 0.3) is 0 Å². The van der Waals surface area contributed by atoms with Crippen LogP contribution in [0.5, 0.6) is 5.75 Å². The Morgan fingerprint density at radius 1 is 1.26 bits per heavy atom. The lowest BCUT2D eigenvalue weighted by Gasteiger charge is -2.08. The van der Waals surface area contributed by atoms with Gasteiger partial charge in [-0.1, -0.05) is 12.1 Å². The first kappa shape index (κ1) is 13.5. The van der Waals surface area contributed by atoms with Gasteiger partial charge in [-0.05, 0) is 51.8 Å². The lowest BCUT2D eigenvalue weighted by Crippen LogP contribution is -2.00. The van der Waals surface area contributed by atoms with E-state index in [9.17, 15) is 9.18 Å². The van der Waals surface area contributed by atoms with Crippen LogP contribution in [-0.2, 0) is 6.61 Å². The zero-order valence-electron chi connectivity index (χ0n) is 9.77. The minimum Gasteiger partial charge on any atom is -0.488 e. The molecule has 0 aromatic heterocycles. The van der Waals surface area contributed by atoms with Crippen LogP contribution in [0.4, 0.5) is 4.39 Å². The number of carboxylic acids is 1. The smallest absolute Gasteiger partial charge is 0.335 e. The molecule has 0 amide bonds. The Balaban J connectivity index is 2.10. The fourth-order valence-corrected chi connectivity index (χ4v) is 2.01. The van der Waals surface area contributed by atoms with E-state index in [0.717, 1.165) is 5.56 Å². The van der Waals surface area contributed by atoms with E-state index in [2.05, 4.69) is 15.9 Å². The fraction of sp³-hybridized carbons (Fsp3) is 0.0714. The van der Waals surface area contributed by atoms with Crippen LogP contribution < -0.4 is 4.74 Å². The van der Waals surface area contributed by atoms with Gasteiger partial charge < -0.3 is 9.84 Å². The third kappa shape index (κ3) is 3.54. The molecule has 5 heteroatoms. The molecule has 3 nitrogen and oxygen atoms in total. The van der Waals surface area contributed by atoms with Crippen molar-refractivity contribution in [3.8, 4) is 5.75 Å². The average Bonchev–Trinajstić information content (AvgIpc) is 2.38. The highest BCUT2D eigenvalue weighted by Crippen LogP contribution is 2.26. The molecule has 0 radical (unpaired) electrons. The van der Waals surface area contributed by atoms with E-state index in [1.807, 2.05) is 0 Å². The highest BCUT2D eigenvalue weighted by Gasteiger charge is 2.06. The molecule has 0 heterocycles. The van der Waals surface area contributed by atoms with Crippen molar-refractivity contribution >= 4 is 21.9 Å². The number of carboxylic acid groups (broad SMARTS) is 1. The molecule has 1 N–H and O–H groups in total. The highest BCUT2D eigenvalue weighted by molar-refractivity contribution is 9.10. The van der Waals surface area contributed by atoms with E-state index in [1.165, 1.54) is 24.3 Å². The second-order valence-electron chi connectivity index (χ2n) is 3.87. The van der Waals surface area contributed by atoms with Gasteiger partial charge in [0.15, 0.2) is 0 Å². The predicted octanol–water partition coefficient (Wildman–Crippen LogP) is 3.87. The van der Waals surface area contributed by atoms with Crippen molar-refractivity contribution in [2.24, 2.45) is 0 Å². The normalized spacial score (nSPS) is 10.2. The first-order valence-electron chi connectivity index (χ1n) is 5.46. The summed E-state index contributed by atoms with van der Waals surface area (Å²) in [7, 11) is 0. The number of benzene rings is 2. The molecule has 2 rings (SSSR count). The summed E-state index contributed by atoms with van der Waals surface area (Å²) in [6, 6.07) is 10.6. The van der Waals surface area contributed by atoms with Gasteiger partial charge in [-0.25, -0.2) is 9.18 Å². The number of halogens is 2. The average molecular weight is 325 g/mol. The Hall–Kier alpha value is -1.88. The molecule has 2 aromatic carbocycles. The maximum Gasteiger partial charge on any atom is 0.335 e. The minimum absolute atomic E-state index is 0.208. The number of ether oxygens (including phenoxy) is 1. The van der Waals surface area contributed by atoms with Gasteiger partial charge in [0, 0.05) is 0 Å². The van der Waals surface area contributed by atoms with Gasteiger partial charge in [0.1, 0.15) is 18.2 Å². The van der Waals surface area contributed by atoms with Crippen LogP contribution in [0, 0.1) is 5.82 Å². The van der Waals surface area contributed by atoms with Crippen molar-refractivity contribution in [2.75, 3.05) is 0 Å². The predicted molar refractivity (Wildman–Crippen MR) is 71.8 cm³/mol. The summed E-state index contributed by atoms with van der Waals surface area (Å²) in [5.41, 5.74) is 0.940. The van der Waals surface area contributed by atoms with Gasteiger partial charge in [0.2, 0.25) is 0 Å². The zero-order valence-corrected chi connectivity index (χ0v) is 11.4. The molecule has 0 fully saturated rings. The first-order valence-corrected chi connectivity index (χ1v) is 6.25. The summed E-state index contributed by atoms with van der Waals surface area (Å²) >= 11 is 3.20. The van der Waals surface area contributed by atoms with Gasteiger partial charge >= 0.3 is 5.97 Å². The van der Waals surface area contributed by atoms with Crippen molar-refractivity contribution in [2.45, 2.75) is 6.61 Å². The van der Waals surface area contributed by atoms with Crippen LogP contribution in [-0.4, -0.2) is 11.1 Å². The number of hydrogen-bond acceptors (Lipinski definition) is 2. The largest absolute Gasteiger partial charge is 0.488 e. The van der Waals surface area contributed by atoms with E-state index < -0.39 is 5.97 Å². The van der Waals surface area contributed by atoms with Crippen molar-refractivity contribution in [1.82, 2.24) is 0 Å². The number of carbonyl (C=O) groups is 1. The number of aromatic carboxylic acids is 1. The summed E-state index contributed by atoms with van der Waals surface area (Å²) in [5.74, 6) is -0.834. The molecule has 0 saturated heterocycles. The Bertz CT molecular complexity index is 613. The Morgan fingerprint density at radius 2 is 2.05 bits per heavy atom. The van der Waals surface area contributed by atoms with Gasteiger partial charge in [0.05, 0.1) is 10.0 Å². The maximum absolute atomic E-state index is 12.9. The first-order chi connectivity index (χ1) is 9.06. The molecule has 0 aliphatic rings. The van der Waals surface area contributed by atoms with E-state index in [-0.39, 0.29) is 18.0 Å². The number of rotatable bonds is 4. The summed E-state index contributed by atoms with van der Waals surface area (Å²) in [6.45, 7) is 0.214. The summed E-state index contributed by atoms with van der Waals surface area (Å²) < 4.78 is 18.9. The Kier molecular flexibility index (Phi) is 4.16. The van der Waals surface area contributed by atoms with Crippen molar-refractivity contribution in [3.63, 3.8) is 0 Å². The third-order valence-electron chi connectivity index (χ3n) is 2.46. The summed E-state index contributed by atoms with van der Waals surface area (Å²) in [5, 5.41) is 8.88. The van der Waals surface area contributed by atoms with E-state index >= 15 is 0 Å². The molecule has 0 aliphatic heterocycles. The monoisotopic (exact) mass is 324 g/mol. The standard InChI is InChI=1S/C14H10BrFO3/c15-12-7-11(16)4-5-13(12)19-8-9-2-1-3-10(6-9)14(17)18/h1-7H,8H2,(H,17,18).